The predicted octanol–water partition coefficient (Wildman–Crippen LogP) is 3.58. The van der Waals surface area contributed by atoms with E-state index in [4.69, 9.17) is 5.73 Å². The maximum Gasteiger partial charge on any atom is 0.316 e. The molecule has 0 fully saturated rings. The highest BCUT2D eigenvalue weighted by Crippen LogP contribution is 2.19. The largest absolute Gasteiger partial charge is 0.351 e. The highest BCUT2D eigenvalue weighted by molar-refractivity contribution is 6.06. The summed E-state index contributed by atoms with van der Waals surface area (Å²) >= 11 is 0. The summed E-state index contributed by atoms with van der Waals surface area (Å²) in [6.45, 7) is 0. The van der Waals surface area contributed by atoms with Gasteiger partial charge in [0.25, 0.3) is 5.91 Å². The van der Waals surface area contributed by atoms with Gasteiger partial charge in [-0.1, -0.05) is 36.4 Å². The monoisotopic (exact) mass is 305 g/mol. The molecule has 0 heterocycles. The lowest BCUT2D eigenvalue weighted by Gasteiger charge is -2.08. The molecule has 0 bridgehead atoms. The Kier molecular flexibility index (Phi) is 3.93. The predicted molar refractivity (Wildman–Crippen MR) is 91.5 cm³/mol. The minimum atomic E-state index is -0.650. The molecule has 114 valence electrons. The van der Waals surface area contributed by atoms with Crippen molar-refractivity contribution in [1.82, 2.24) is 0 Å². The number of nitrogens with two attached hydrogens (primary N) is 1. The molecule has 0 saturated heterocycles. The van der Waals surface area contributed by atoms with Gasteiger partial charge in [-0.2, -0.15) is 0 Å². The zero-order chi connectivity index (χ0) is 16.2. The van der Waals surface area contributed by atoms with Gasteiger partial charge in [-0.05, 0) is 41.1 Å². The minimum absolute atomic E-state index is 0.216. The normalized spacial score (nSPS) is 10.3. The second kappa shape index (κ2) is 6.19. The van der Waals surface area contributed by atoms with Gasteiger partial charge in [0.2, 0.25) is 0 Å². The molecular formula is C18H15N3O2. The number of nitrogens with one attached hydrogen (secondary N) is 2. The summed E-state index contributed by atoms with van der Waals surface area (Å²) in [5, 5.41) is 7.36. The molecule has 0 unspecified atom stereocenters. The van der Waals surface area contributed by atoms with Crippen molar-refractivity contribution in [2.45, 2.75) is 0 Å². The fourth-order valence-electron chi connectivity index (χ4n) is 2.35. The van der Waals surface area contributed by atoms with Crippen LogP contribution in [0.1, 0.15) is 10.4 Å². The van der Waals surface area contributed by atoms with Crippen LogP contribution in [0.5, 0.6) is 0 Å². The van der Waals surface area contributed by atoms with Crippen LogP contribution in [0.3, 0.4) is 0 Å². The van der Waals surface area contributed by atoms with Gasteiger partial charge in [0, 0.05) is 16.9 Å². The maximum atomic E-state index is 12.4. The number of hydrogen-bond acceptors (Lipinski definition) is 2. The Hall–Kier alpha value is -3.34. The van der Waals surface area contributed by atoms with Crippen LogP contribution < -0.4 is 16.4 Å². The maximum absolute atomic E-state index is 12.4. The molecule has 3 aromatic rings. The molecule has 3 aromatic carbocycles. The summed E-state index contributed by atoms with van der Waals surface area (Å²) in [6, 6.07) is 19.5. The van der Waals surface area contributed by atoms with Crippen LogP contribution >= 0.6 is 0 Å². The second-order valence-electron chi connectivity index (χ2n) is 5.09. The molecule has 23 heavy (non-hydrogen) atoms. The third-order valence-corrected chi connectivity index (χ3v) is 3.40. The zero-order valence-electron chi connectivity index (χ0n) is 12.2. The molecule has 0 spiro atoms. The Labute approximate surface area is 133 Å². The fourth-order valence-corrected chi connectivity index (χ4v) is 2.35. The van der Waals surface area contributed by atoms with E-state index in [9.17, 15) is 9.59 Å². The molecule has 0 aliphatic heterocycles. The Balaban J connectivity index is 1.81. The van der Waals surface area contributed by atoms with Crippen LogP contribution in [0.2, 0.25) is 0 Å². The first-order valence-electron chi connectivity index (χ1n) is 7.08. The van der Waals surface area contributed by atoms with Crippen LogP contribution in [0.15, 0.2) is 66.7 Å². The van der Waals surface area contributed by atoms with Gasteiger partial charge in [-0.15, -0.1) is 0 Å². The molecule has 0 radical (unpaired) electrons. The first kappa shape index (κ1) is 14.6. The Morgan fingerprint density at radius 3 is 2.17 bits per heavy atom. The zero-order valence-corrected chi connectivity index (χ0v) is 12.2. The highest BCUT2D eigenvalue weighted by Gasteiger charge is 2.07. The van der Waals surface area contributed by atoms with Crippen molar-refractivity contribution in [3.63, 3.8) is 0 Å². The van der Waals surface area contributed by atoms with Crippen molar-refractivity contribution in [2.24, 2.45) is 5.73 Å². The molecule has 0 aliphatic carbocycles. The SMILES string of the molecule is NC(=O)Nc1cccc(NC(=O)c2ccc3ccccc3c2)c1. The topological polar surface area (TPSA) is 84.2 Å². The number of primary amides is 1. The highest BCUT2D eigenvalue weighted by atomic mass is 16.2. The van der Waals surface area contributed by atoms with Crippen molar-refractivity contribution in [2.75, 3.05) is 10.6 Å². The number of benzene rings is 3. The van der Waals surface area contributed by atoms with Crippen LogP contribution in [0.4, 0.5) is 16.2 Å². The Bertz CT molecular complexity index is 890. The molecule has 4 N–H and O–H groups in total. The van der Waals surface area contributed by atoms with E-state index in [1.807, 2.05) is 36.4 Å². The van der Waals surface area contributed by atoms with Crippen LogP contribution in [-0.2, 0) is 0 Å². The summed E-state index contributed by atoms with van der Waals surface area (Å²) in [5.41, 5.74) is 6.75. The number of rotatable bonds is 3. The van der Waals surface area contributed by atoms with Gasteiger partial charge >= 0.3 is 6.03 Å². The molecule has 0 atom stereocenters. The average Bonchev–Trinajstić information content (AvgIpc) is 2.54. The minimum Gasteiger partial charge on any atom is -0.351 e. The van der Waals surface area contributed by atoms with Crippen molar-refractivity contribution in [1.29, 1.82) is 0 Å². The van der Waals surface area contributed by atoms with Gasteiger partial charge in [0.15, 0.2) is 0 Å². The number of fused-ring (bicyclic) bond motifs is 1. The van der Waals surface area contributed by atoms with Gasteiger partial charge < -0.3 is 16.4 Å². The van der Waals surface area contributed by atoms with E-state index >= 15 is 0 Å². The van der Waals surface area contributed by atoms with E-state index < -0.39 is 6.03 Å². The van der Waals surface area contributed by atoms with Crippen molar-refractivity contribution >= 4 is 34.1 Å². The molecule has 0 saturated carbocycles. The summed E-state index contributed by atoms with van der Waals surface area (Å²) < 4.78 is 0. The smallest absolute Gasteiger partial charge is 0.316 e. The lowest BCUT2D eigenvalue weighted by Crippen LogP contribution is -2.19. The molecular weight excluding hydrogens is 290 g/mol. The first-order chi connectivity index (χ1) is 11.1. The number of carbonyl (C=O) groups excluding carboxylic acids is 2. The summed E-state index contributed by atoms with van der Waals surface area (Å²) in [4.78, 5) is 23.2. The molecule has 5 heteroatoms. The molecule has 0 aliphatic rings. The molecule has 5 nitrogen and oxygen atoms in total. The standard InChI is InChI=1S/C18H15N3O2/c19-18(23)21-16-7-3-6-15(11-16)20-17(22)14-9-8-12-4-1-2-5-13(12)10-14/h1-11H,(H,20,22)(H3,19,21,23). The van der Waals surface area contributed by atoms with Crippen molar-refractivity contribution < 1.29 is 9.59 Å². The lowest BCUT2D eigenvalue weighted by atomic mass is 10.1. The van der Waals surface area contributed by atoms with E-state index in [0.29, 0.717) is 16.9 Å². The molecule has 0 aromatic heterocycles. The third kappa shape index (κ3) is 3.47. The molecule has 3 rings (SSSR count). The first-order valence-corrected chi connectivity index (χ1v) is 7.08. The van der Waals surface area contributed by atoms with E-state index in [0.717, 1.165) is 10.8 Å². The Morgan fingerprint density at radius 2 is 1.43 bits per heavy atom. The van der Waals surface area contributed by atoms with E-state index in [1.165, 1.54) is 0 Å². The number of carbonyl (C=O) groups is 2. The van der Waals surface area contributed by atoms with Gasteiger partial charge in [-0.25, -0.2) is 4.79 Å². The summed E-state index contributed by atoms with van der Waals surface area (Å²) in [5.74, 6) is -0.216. The second-order valence-corrected chi connectivity index (χ2v) is 5.09. The number of urea groups is 1. The van der Waals surface area contributed by atoms with Gasteiger partial charge in [-0.3, -0.25) is 4.79 Å². The lowest BCUT2D eigenvalue weighted by molar-refractivity contribution is 0.102. The quantitative estimate of drug-likeness (QED) is 0.691. The van der Waals surface area contributed by atoms with Crippen LogP contribution in [-0.4, -0.2) is 11.9 Å². The number of anilines is 2. The van der Waals surface area contributed by atoms with Crippen molar-refractivity contribution in [3.05, 3.63) is 72.3 Å². The van der Waals surface area contributed by atoms with E-state index in [1.54, 1.807) is 30.3 Å². The van der Waals surface area contributed by atoms with Crippen LogP contribution in [0, 0.1) is 0 Å². The molecule has 3 amide bonds. The van der Waals surface area contributed by atoms with E-state index in [-0.39, 0.29) is 5.91 Å². The van der Waals surface area contributed by atoms with Crippen molar-refractivity contribution in [3.8, 4) is 0 Å². The van der Waals surface area contributed by atoms with E-state index in [2.05, 4.69) is 10.6 Å². The number of amides is 3. The average molecular weight is 305 g/mol. The van der Waals surface area contributed by atoms with Gasteiger partial charge in [0.1, 0.15) is 0 Å². The fraction of sp³-hybridized carbons (Fsp3) is 0. The number of hydrogen-bond donors (Lipinski definition) is 3. The Morgan fingerprint density at radius 1 is 0.739 bits per heavy atom. The summed E-state index contributed by atoms with van der Waals surface area (Å²) in [6.07, 6.45) is 0. The third-order valence-electron chi connectivity index (χ3n) is 3.40. The summed E-state index contributed by atoms with van der Waals surface area (Å²) in [7, 11) is 0. The van der Waals surface area contributed by atoms with Gasteiger partial charge in [0.05, 0.1) is 0 Å². The van der Waals surface area contributed by atoms with Crippen LogP contribution in [0.25, 0.3) is 10.8 Å².